The molecule has 35 heavy (non-hydrogen) atoms. The fourth-order valence-corrected chi connectivity index (χ4v) is 122. The van der Waals surface area contributed by atoms with Gasteiger partial charge in [-0.1, -0.05) is 0 Å². The van der Waals surface area contributed by atoms with Crippen LogP contribution in [0.25, 0.3) is 0 Å². The topological polar surface area (TPSA) is 0 Å². The van der Waals surface area contributed by atoms with Crippen molar-refractivity contribution in [2.75, 3.05) is 0 Å². The van der Waals surface area contributed by atoms with Crippen LogP contribution in [0.5, 0.6) is 0 Å². The summed E-state index contributed by atoms with van der Waals surface area (Å²) in [6, 6.07) is 24.3. The SMILES string of the molecule is CC(P(C(C)(C)C)C(C)(C)C)[C@]12[CH]3[CH]4[CH]5[C]1(P(c1ccccc1)c1ccccc1)[Fe]45321678[CH]2[CH]1[CH]6[CH]7[CH]28. The molecule has 3 heteroatoms. The third kappa shape index (κ3) is 0.440. The van der Waals surface area contributed by atoms with Gasteiger partial charge in [0.05, 0.1) is 0 Å². The first kappa shape index (κ1) is 19.0. The molecule has 5 unspecified atom stereocenters. The van der Waals surface area contributed by atoms with Gasteiger partial charge >= 0.3 is 205 Å². The van der Waals surface area contributed by atoms with Crippen molar-refractivity contribution in [1.82, 2.24) is 0 Å². The fourth-order valence-electron chi connectivity index (χ4n) is 22.5. The first-order valence-corrected chi connectivity index (χ1v) is 23.2. The molecular formula is C32H40FeP2. The molecule has 10 aliphatic rings. The summed E-state index contributed by atoms with van der Waals surface area (Å²) in [6.45, 7) is 14.9. The van der Waals surface area contributed by atoms with E-state index in [2.05, 4.69) is 109 Å². The molecule has 0 nitrogen and oxygen atoms in total. The van der Waals surface area contributed by atoms with Gasteiger partial charge in [-0.3, -0.25) is 0 Å². The predicted molar refractivity (Wildman–Crippen MR) is 150 cm³/mol. The zero-order chi connectivity index (χ0) is 23.9. The minimum absolute atomic E-state index is 0.0591. The van der Waals surface area contributed by atoms with E-state index < -0.39 is 6.51 Å². The van der Waals surface area contributed by atoms with Gasteiger partial charge in [0, 0.05) is 0 Å². The average Bonchev–Trinajstić information content (AvgIpc) is 3.73. The van der Waals surface area contributed by atoms with Crippen LogP contribution in [0.2, 0.25) is 42.8 Å². The maximum absolute atomic E-state index is 3.66. The van der Waals surface area contributed by atoms with Crippen LogP contribution in [0.4, 0.5) is 0 Å². The van der Waals surface area contributed by atoms with Crippen molar-refractivity contribution in [2.45, 2.75) is 111 Å². The fraction of sp³-hybridized carbons (Fsp3) is 0.625. The van der Waals surface area contributed by atoms with Crippen molar-refractivity contribution in [3.63, 3.8) is 0 Å². The Hall–Kier alpha value is -0.181. The van der Waals surface area contributed by atoms with Crippen molar-refractivity contribution in [3.8, 4) is 0 Å². The van der Waals surface area contributed by atoms with Crippen molar-refractivity contribution in [1.29, 1.82) is 0 Å². The van der Waals surface area contributed by atoms with Crippen molar-refractivity contribution in [3.05, 3.63) is 60.7 Å². The van der Waals surface area contributed by atoms with E-state index in [0.29, 0.717) is 10.3 Å². The second-order valence-electron chi connectivity index (χ2n) is 18.2. The third-order valence-electron chi connectivity index (χ3n) is 19.7. The Labute approximate surface area is 204 Å². The molecule has 10 saturated heterocycles. The van der Waals surface area contributed by atoms with E-state index in [0.717, 1.165) is 14.0 Å². The molecule has 0 N–H and O–H groups in total. The Bertz CT molecular complexity index is 1710. The molecule has 1 spiro atoms. The van der Waals surface area contributed by atoms with Crippen LogP contribution >= 0.6 is 15.8 Å². The molecule has 12 rings (SSSR count). The van der Waals surface area contributed by atoms with E-state index >= 15 is 0 Å². The number of hydrogen-bond donors (Lipinski definition) is 0. The Morgan fingerprint density at radius 2 is 1.09 bits per heavy atom. The van der Waals surface area contributed by atoms with E-state index in [1.807, 2.05) is 0 Å². The van der Waals surface area contributed by atoms with Gasteiger partial charge in [0.2, 0.25) is 0 Å². The number of benzene rings is 2. The van der Waals surface area contributed by atoms with Gasteiger partial charge in [0.25, 0.3) is 0 Å². The molecule has 186 valence electrons. The number of fused-ring (bicyclic) bond motifs is 10. The average molecular weight is 542 g/mol. The first-order valence-electron chi connectivity index (χ1n) is 14.2. The molecule has 10 fully saturated rings. The summed E-state index contributed by atoms with van der Waals surface area (Å²) in [6.07, 6.45) is 0. The summed E-state index contributed by atoms with van der Waals surface area (Å²) in [7, 11) is -0.295. The van der Waals surface area contributed by atoms with E-state index in [9.17, 15) is 0 Å². The normalized spacial score (nSPS) is 68.3. The van der Waals surface area contributed by atoms with Crippen LogP contribution in [-0.4, -0.2) is 20.0 Å². The molecule has 10 heterocycles. The van der Waals surface area contributed by atoms with Crippen LogP contribution in [0.1, 0.15) is 48.5 Å². The van der Waals surface area contributed by atoms with Crippen molar-refractivity contribution < 1.29 is 6.51 Å². The Morgan fingerprint density at radius 3 is 1.43 bits per heavy atom. The van der Waals surface area contributed by atoms with Crippen LogP contribution in [-0.2, 0) is 6.51 Å². The van der Waals surface area contributed by atoms with Gasteiger partial charge in [0.1, 0.15) is 0 Å². The molecule has 0 amide bonds. The van der Waals surface area contributed by atoms with E-state index in [-0.39, 0.29) is 15.8 Å². The van der Waals surface area contributed by atoms with Crippen LogP contribution in [0.3, 0.4) is 0 Å². The van der Waals surface area contributed by atoms with E-state index in [4.69, 9.17) is 0 Å². The summed E-state index contributed by atoms with van der Waals surface area (Å²) in [5.74, 6) is 0. The summed E-state index contributed by atoms with van der Waals surface area (Å²) in [5.41, 5.74) is 0.985. The first-order chi connectivity index (χ1) is 16.3. The summed E-state index contributed by atoms with van der Waals surface area (Å²) in [4.78, 5) is 10.8. The number of rotatable bonds is 5. The van der Waals surface area contributed by atoms with Gasteiger partial charge in [0.15, 0.2) is 0 Å². The quantitative estimate of drug-likeness (QED) is 0.261. The standard InChI is InChI=1S/C27H35P2.C5H5.Fe/c1-21(29(26(2,3)4)27(5,6)7)24-19-14-20-25(24)28(22-15-10-8-11-16-22)23-17-12-9-13-18-23;1-2-4-5-3-1;/h8-21H,1-7H3;1-5H;. The Kier molecular flexibility index (Phi) is 1.42. The predicted octanol–water partition coefficient (Wildman–Crippen LogP) is 9.25. The zero-order valence-electron chi connectivity index (χ0n) is 22.2. The second kappa shape index (κ2) is 2.62. The van der Waals surface area contributed by atoms with Gasteiger partial charge in [-0.15, -0.1) is 0 Å². The molecule has 0 bridgehead atoms. The maximum atomic E-state index is 2.88. The molecule has 0 aromatic heterocycles. The van der Waals surface area contributed by atoms with Crippen LogP contribution in [0, 0.1) is 0 Å². The Balaban J connectivity index is 1.21. The third-order valence-corrected chi connectivity index (χ3v) is 74.2. The second-order valence-corrected chi connectivity index (χ2v) is 48.4. The molecule has 6 atom stereocenters. The molecular weight excluding hydrogens is 502 g/mol. The van der Waals surface area contributed by atoms with Crippen LogP contribution in [0.15, 0.2) is 60.7 Å². The zero-order valence-corrected chi connectivity index (χ0v) is 25.1. The summed E-state index contributed by atoms with van der Waals surface area (Å²) in [5, 5.41) is 4.39. The summed E-state index contributed by atoms with van der Waals surface area (Å²) >= 11 is 0. The Morgan fingerprint density at radius 1 is 0.657 bits per heavy atom. The molecule has 0 saturated carbocycles. The van der Waals surface area contributed by atoms with Gasteiger partial charge < -0.3 is 0 Å². The number of hydrogen-bond acceptors (Lipinski definition) is 0. The molecule has 10 aliphatic heterocycles. The molecule has 0 aliphatic carbocycles. The molecule has 0 radical (unpaired) electrons. The minimum atomic E-state index is -3.66. The van der Waals surface area contributed by atoms with Crippen molar-refractivity contribution >= 4 is 26.5 Å². The van der Waals surface area contributed by atoms with Crippen LogP contribution < -0.4 is 10.6 Å². The molecule has 2 aromatic carbocycles. The monoisotopic (exact) mass is 542 g/mol. The summed E-state index contributed by atoms with van der Waals surface area (Å²) < 4.78 is 1.70. The van der Waals surface area contributed by atoms with Crippen molar-refractivity contribution in [2.24, 2.45) is 0 Å². The van der Waals surface area contributed by atoms with E-state index in [1.165, 1.54) is 38.5 Å². The van der Waals surface area contributed by atoms with Gasteiger partial charge in [-0.25, -0.2) is 0 Å². The molecule has 2 aromatic rings. The van der Waals surface area contributed by atoms with Gasteiger partial charge in [-0.05, 0) is 0 Å². The van der Waals surface area contributed by atoms with E-state index in [1.54, 1.807) is 10.6 Å². The van der Waals surface area contributed by atoms with Gasteiger partial charge in [-0.2, -0.15) is 0 Å².